The zero-order chi connectivity index (χ0) is 20.3. The van der Waals surface area contributed by atoms with Gasteiger partial charge in [0.05, 0.1) is 13.2 Å². The van der Waals surface area contributed by atoms with Crippen LogP contribution in [0, 0.1) is 0 Å². The summed E-state index contributed by atoms with van der Waals surface area (Å²) in [7, 11) is 1.58. The first kappa shape index (κ1) is 20.2. The summed E-state index contributed by atoms with van der Waals surface area (Å²) in [6.07, 6.45) is 0. The van der Waals surface area contributed by atoms with Crippen LogP contribution < -0.4 is 20.1 Å². The summed E-state index contributed by atoms with van der Waals surface area (Å²) < 4.78 is 11.4. The molecule has 2 aromatic carbocycles. The highest BCUT2D eigenvalue weighted by Crippen LogP contribution is 2.35. The molecule has 0 aliphatic carbocycles. The molecule has 0 spiro atoms. The molecule has 146 valence electrons. The van der Waals surface area contributed by atoms with E-state index in [4.69, 9.17) is 33.3 Å². The van der Waals surface area contributed by atoms with Gasteiger partial charge in [-0.3, -0.25) is 4.79 Å². The maximum Gasteiger partial charge on any atom is 0.171 e. The fraction of sp³-hybridized carbons (Fsp3) is 0.238. The molecule has 0 radical (unpaired) electrons. The van der Waals surface area contributed by atoms with E-state index < -0.39 is 0 Å². The molecule has 5 nitrogen and oxygen atoms in total. The maximum absolute atomic E-state index is 12.2. The van der Waals surface area contributed by atoms with Crippen LogP contribution in [0.1, 0.15) is 31.0 Å². The van der Waals surface area contributed by atoms with Crippen LogP contribution in [0.3, 0.4) is 0 Å². The zero-order valence-corrected chi connectivity index (χ0v) is 17.4. The zero-order valence-electron chi connectivity index (χ0n) is 15.8. The lowest BCUT2D eigenvalue weighted by Gasteiger charge is -2.30. The van der Waals surface area contributed by atoms with E-state index in [9.17, 15) is 4.79 Å². The van der Waals surface area contributed by atoms with Crippen molar-refractivity contribution in [3.05, 3.63) is 69.9 Å². The van der Waals surface area contributed by atoms with E-state index in [0.29, 0.717) is 33.8 Å². The Kier molecular flexibility index (Phi) is 6.21. The van der Waals surface area contributed by atoms with Crippen molar-refractivity contribution in [2.24, 2.45) is 0 Å². The lowest BCUT2D eigenvalue weighted by Crippen LogP contribution is -2.44. The first-order chi connectivity index (χ1) is 13.4. The Balaban J connectivity index is 1.94. The quantitative estimate of drug-likeness (QED) is 0.684. The van der Waals surface area contributed by atoms with Crippen molar-refractivity contribution >= 4 is 34.7 Å². The minimum absolute atomic E-state index is 0.0284. The topological polar surface area (TPSA) is 59.6 Å². The van der Waals surface area contributed by atoms with Crippen molar-refractivity contribution in [2.45, 2.75) is 26.5 Å². The van der Waals surface area contributed by atoms with Gasteiger partial charge in [0.2, 0.25) is 0 Å². The summed E-state index contributed by atoms with van der Waals surface area (Å²) in [4.78, 5) is 12.2. The van der Waals surface area contributed by atoms with Gasteiger partial charge in [-0.1, -0.05) is 35.9 Å². The molecule has 1 unspecified atom stereocenters. The number of thiocarbonyl (C=S) groups is 1. The van der Waals surface area contributed by atoms with Gasteiger partial charge in [0.1, 0.15) is 6.61 Å². The van der Waals surface area contributed by atoms with Gasteiger partial charge in [0, 0.05) is 21.9 Å². The number of halogens is 1. The van der Waals surface area contributed by atoms with Gasteiger partial charge in [0.15, 0.2) is 22.4 Å². The molecule has 1 atom stereocenters. The lowest BCUT2D eigenvalue weighted by atomic mass is 9.93. The van der Waals surface area contributed by atoms with Crippen molar-refractivity contribution in [3.63, 3.8) is 0 Å². The molecule has 0 aromatic heterocycles. The highest BCUT2D eigenvalue weighted by molar-refractivity contribution is 7.80. The first-order valence-corrected chi connectivity index (χ1v) is 9.52. The summed E-state index contributed by atoms with van der Waals surface area (Å²) in [5.74, 6) is 1.13. The van der Waals surface area contributed by atoms with Gasteiger partial charge in [-0.15, -0.1) is 0 Å². The van der Waals surface area contributed by atoms with E-state index in [1.54, 1.807) is 14.0 Å². The molecule has 28 heavy (non-hydrogen) atoms. The molecular formula is C21H21ClN2O3S. The summed E-state index contributed by atoms with van der Waals surface area (Å²) in [6.45, 7) is 3.68. The van der Waals surface area contributed by atoms with Crippen LogP contribution >= 0.6 is 23.8 Å². The number of nitrogens with one attached hydrogen (secondary N) is 2. The highest BCUT2D eigenvalue weighted by Gasteiger charge is 2.28. The van der Waals surface area contributed by atoms with Crippen LogP contribution in [0.2, 0.25) is 5.02 Å². The Bertz CT molecular complexity index is 958. The van der Waals surface area contributed by atoms with Crippen molar-refractivity contribution in [2.75, 3.05) is 7.11 Å². The van der Waals surface area contributed by atoms with Crippen LogP contribution in [0.25, 0.3) is 0 Å². The summed E-state index contributed by atoms with van der Waals surface area (Å²) >= 11 is 11.5. The SMILES string of the molecule is COc1ccc(C2NC(=S)NC(C)=C2C(C)=O)cc1OCc1ccccc1Cl. The molecule has 7 heteroatoms. The molecule has 0 amide bonds. The largest absolute Gasteiger partial charge is 0.493 e. The van der Waals surface area contributed by atoms with Crippen LogP contribution in [0.4, 0.5) is 0 Å². The highest BCUT2D eigenvalue weighted by atomic mass is 35.5. The number of hydrogen-bond donors (Lipinski definition) is 2. The Morgan fingerprint density at radius 1 is 1.21 bits per heavy atom. The number of ether oxygens (including phenoxy) is 2. The maximum atomic E-state index is 12.2. The number of Topliss-reactive ketones (excluding diaryl/α,β-unsaturated/α-hetero) is 1. The molecule has 0 fully saturated rings. The predicted molar refractivity (Wildman–Crippen MR) is 114 cm³/mol. The van der Waals surface area contributed by atoms with Crippen LogP contribution in [-0.4, -0.2) is 18.0 Å². The molecule has 1 aliphatic rings. The van der Waals surface area contributed by atoms with Crippen molar-refractivity contribution in [1.82, 2.24) is 10.6 Å². The smallest absolute Gasteiger partial charge is 0.171 e. The van der Waals surface area contributed by atoms with Crippen LogP contribution in [0.5, 0.6) is 11.5 Å². The summed E-state index contributed by atoms with van der Waals surface area (Å²) in [5, 5.41) is 7.29. The lowest BCUT2D eigenvalue weighted by molar-refractivity contribution is -0.114. The van der Waals surface area contributed by atoms with Crippen molar-refractivity contribution in [3.8, 4) is 11.5 Å². The number of allylic oxidation sites excluding steroid dienone is 1. The van der Waals surface area contributed by atoms with Gasteiger partial charge in [-0.05, 0) is 49.8 Å². The Morgan fingerprint density at radius 3 is 2.64 bits per heavy atom. The number of ketones is 1. The van der Waals surface area contributed by atoms with Crippen molar-refractivity contribution in [1.29, 1.82) is 0 Å². The van der Waals surface area contributed by atoms with E-state index >= 15 is 0 Å². The number of methoxy groups -OCH3 is 1. The standard InChI is InChI=1S/C21H21ClN2O3S/c1-12-19(13(2)25)20(24-21(28)23-12)14-8-9-17(26-3)18(10-14)27-11-15-6-4-5-7-16(15)22/h4-10,20H,11H2,1-3H3,(H2,23,24,28). The third-order valence-corrected chi connectivity index (χ3v) is 5.10. The van der Waals surface area contributed by atoms with Gasteiger partial charge in [-0.25, -0.2) is 0 Å². The Hall–Kier alpha value is -2.57. The molecular weight excluding hydrogens is 396 g/mol. The van der Waals surface area contributed by atoms with Gasteiger partial charge >= 0.3 is 0 Å². The van der Waals surface area contributed by atoms with E-state index in [-0.39, 0.29) is 11.8 Å². The monoisotopic (exact) mass is 416 g/mol. The van der Waals surface area contributed by atoms with Gasteiger partial charge in [-0.2, -0.15) is 0 Å². The molecule has 2 N–H and O–H groups in total. The number of hydrogen-bond acceptors (Lipinski definition) is 4. The third kappa shape index (κ3) is 4.29. The number of benzene rings is 2. The van der Waals surface area contributed by atoms with E-state index in [1.165, 1.54) is 0 Å². The van der Waals surface area contributed by atoms with Crippen LogP contribution in [0.15, 0.2) is 53.7 Å². The second kappa shape index (κ2) is 8.63. The van der Waals surface area contributed by atoms with E-state index in [2.05, 4.69) is 10.6 Å². The molecule has 0 bridgehead atoms. The normalized spacial score (nSPS) is 16.3. The molecule has 2 aromatic rings. The fourth-order valence-corrected chi connectivity index (χ4v) is 3.63. The van der Waals surface area contributed by atoms with Crippen molar-refractivity contribution < 1.29 is 14.3 Å². The second-order valence-corrected chi connectivity index (χ2v) is 7.23. The van der Waals surface area contributed by atoms with Gasteiger partial charge < -0.3 is 20.1 Å². The molecule has 0 saturated carbocycles. The summed E-state index contributed by atoms with van der Waals surface area (Å²) in [5.41, 5.74) is 3.10. The molecule has 1 heterocycles. The minimum atomic E-state index is -0.361. The van der Waals surface area contributed by atoms with Gasteiger partial charge in [0.25, 0.3) is 0 Å². The fourth-order valence-electron chi connectivity index (χ4n) is 3.17. The van der Waals surface area contributed by atoms with Crippen LogP contribution in [-0.2, 0) is 11.4 Å². The third-order valence-electron chi connectivity index (χ3n) is 4.51. The average Bonchev–Trinajstić information content (AvgIpc) is 2.66. The first-order valence-electron chi connectivity index (χ1n) is 8.74. The van der Waals surface area contributed by atoms with E-state index in [0.717, 1.165) is 16.8 Å². The average molecular weight is 417 g/mol. The summed E-state index contributed by atoms with van der Waals surface area (Å²) in [6, 6.07) is 12.7. The Morgan fingerprint density at radius 2 is 1.96 bits per heavy atom. The predicted octanol–water partition coefficient (Wildman–Crippen LogP) is 4.31. The molecule has 0 saturated heterocycles. The minimum Gasteiger partial charge on any atom is -0.493 e. The molecule has 3 rings (SSSR count). The Labute approximate surface area is 174 Å². The number of carbonyl (C=O) groups is 1. The molecule has 1 aliphatic heterocycles. The number of carbonyl (C=O) groups excluding carboxylic acids is 1. The number of rotatable bonds is 6. The second-order valence-electron chi connectivity index (χ2n) is 6.42. The van der Waals surface area contributed by atoms with E-state index in [1.807, 2.05) is 49.4 Å².